The van der Waals surface area contributed by atoms with Gasteiger partial charge < -0.3 is 10.1 Å². The van der Waals surface area contributed by atoms with E-state index in [9.17, 15) is 9.59 Å². The molecule has 0 aliphatic heterocycles. The number of carbonyl (C=O) groups excluding carboxylic acids is 2. The summed E-state index contributed by atoms with van der Waals surface area (Å²) in [5.41, 5.74) is 2.61. The van der Waals surface area contributed by atoms with Gasteiger partial charge in [0.1, 0.15) is 6.54 Å². The third-order valence-corrected chi connectivity index (χ3v) is 4.31. The van der Waals surface area contributed by atoms with Crippen molar-refractivity contribution in [3.63, 3.8) is 0 Å². The van der Waals surface area contributed by atoms with Gasteiger partial charge in [-0.3, -0.25) is 4.79 Å². The van der Waals surface area contributed by atoms with Crippen LogP contribution in [0.25, 0.3) is 11.1 Å². The SMILES string of the molecule is COC(=O)c1c(-c2ccccc2)cccc1C(CC(C)C)C(=O)NCC#N. The molecule has 0 radical (unpaired) electrons. The lowest BCUT2D eigenvalue weighted by atomic mass is 9.83. The molecule has 1 unspecified atom stereocenters. The number of nitrogens with zero attached hydrogens (tertiary/aromatic N) is 1. The summed E-state index contributed by atoms with van der Waals surface area (Å²) in [5, 5.41) is 11.4. The topological polar surface area (TPSA) is 79.2 Å². The van der Waals surface area contributed by atoms with E-state index in [-0.39, 0.29) is 18.4 Å². The quantitative estimate of drug-likeness (QED) is 0.597. The monoisotopic (exact) mass is 364 g/mol. The number of ether oxygens (including phenoxy) is 1. The Hall–Kier alpha value is -3.13. The van der Waals surface area contributed by atoms with Crippen molar-refractivity contribution in [2.45, 2.75) is 26.2 Å². The Kier molecular flexibility index (Phi) is 7.13. The number of nitrogens with one attached hydrogen (secondary N) is 1. The van der Waals surface area contributed by atoms with Crippen LogP contribution in [0, 0.1) is 17.2 Å². The molecule has 27 heavy (non-hydrogen) atoms. The zero-order valence-electron chi connectivity index (χ0n) is 15.9. The van der Waals surface area contributed by atoms with Crippen LogP contribution in [0.1, 0.15) is 42.1 Å². The van der Waals surface area contributed by atoms with E-state index in [0.717, 1.165) is 11.1 Å². The molecule has 0 spiro atoms. The van der Waals surface area contributed by atoms with Gasteiger partial charge in [-0.1, -0.05) is 62.4 Å². The molecular weight excluding hydrogens is 340 g/mol. The van der Waals surface area contributed by atoms with Crippen LogP contribution in [0.4, 0.5) is 0 Å². The lowest BCUT2D eigenvalue weighted by molar-refractivity contribution is -0.122. The summed E-state index contributed by atoms with van der Waals surface area (Å²) < 4.78 is 5.03. The van der Waals surface area contributed by atoms with E-state index in [1.54, 1.807) is 6.07 Å². The highest BCUT2D eigenvalue weighted by molar-refractivity contribution is 6.01. The lowest BCUT2D eigenvalue weighted by Gasteiger charge is -2.22. The molecule has 1 atom stereocenters. The molecule has 1 N–H and O–H groups in total. The number of methoxy groups -OCH3 is 1. The Morgan fingerprint density at radius 2 is 1.81 bits per heavy atom. The molecule has 0 aromatic heterocycles. The second-order valence-corrected chi connectivity index (χ2v) is 6.69. The first-order chi connectivity index (χ1) is 13.0. The molecule has 0 aliphatic rings. The van der Waals surface area contributed by atoms with Crippen LogP contribution < -0.4 is 5.32 Å². The molecule has 5 nitrogen and oxygen atoms in total. The van der Waals surface area contributed by atoms with E-state index in [1.165, 1.54) is 7.11 Å². The molecule has 0 fully saturated rings. The number of esters is 1. The van der Waals surface area contributed by atoms with Crippen molar-refractivity contribution < 1.29 is 14.3 Å². The molecule has 0 bridgehead atoms. The summed E-state index contributed by atoms with van der Waals surface area (Å²) in [5.74, 6) is -1.06. The third-order valence-electron chi connectivity index (χ3n) is 4.31. The maximum absolute atomic E-state index is 12.7. The van der Waals surface area contributed by atoms with Gasteiger partial charge >= 0.3 is 5.97 Å². The molecule has 140 valence electrons. The first-order valence-electron chi connectivity index (χ1n) is 8.90. The van der Waals surface area contributed by atoms with Gasteiger partial charge in [0.2, 0.25) is 5.91 Å². The summed E-state index contributed by atoms with van der Waals surface area (Å²) in [7, 11) is 1.33. The molecule has 0 saturated heterocycles. The van der Waals surface area contributed by atoms with Gasteiger partial charge in [-0.05, 0) is 29.0 Å². The van der Waals surface area contributed by atoms with Crippen LogP contribution in [0.15, 0.2) is 48.5 Å². The van der Waals surface area contributed by atoms with Gasteiger partial charge in [-0.2, -0.15) is 5.26 Å². The average Bonchev–Trinajstić information content (AvgIpc) is 2.69. The minimum Gasteiger partial charge on any atom is -0.465 e. The molecule has 0 aliphatic carbocycles. The summed E-state index contributed by atoms with van der Waals surface area (Å²) in [4.78, 5) is 25.4. The van der Waals surface area contributed by atoms with E-state index in [0.29, 0.717) is 17.5 Å². The molecule has 1 amide bonds. The zero-order chi connectivity index (χ0) is 19.8. The number of nitriles is 1. The number of rotatable bonds is 7. The number of hydrogen-bond acceptors (Lipinski definition) is 4. The highest BCUT2D eigenvalue weighted by Crippen LogP contribution is 2.34. The molecule has 2 aromatic rings. The summed E-state index contributed by atoms with van der Waals surface area (Å²) in [6.45, 7) is 3.96. The van der Waals surface area contributed by atoms with Crippen molar-refractivity contribution >= 4 is 11.9 Å². The first-order valence-corrected chi connectivity index (χ1v) is 8.90. The van der Waals surface area contributed by atoms with Gasteiger partial charge in [0.05, 0.1) is 24.7 Å². The summed E-state index contributed by atoms with van der Waals surface area (Å²) in [6.07, 6.45) is 0.555. The Bertz CT molecular complexity index is 838. The predicted molar refractivity (Wildman–Crippen MR) is 104 cm³/mol. The number of benzene rings is 2. The predicted octanol–water partition coefficient (Wildman–Crippen LogP) is 3.91. The van der Waals surface area contributed by atoms with Crippen molar-refractivity contribution in [1.82, 2.24) is 5.32 Å². The van der Waals surface area contributed by atoms with Crippen molar-refractivity contribution in [2.75, 3.05) is 13.7 Å². The molecule has 2 aromatic carbocycles. The standard InChI is InChI=1S/C22H24N2O3/c1-15(2)14-19(21(25)24-13-12-23)18-11-7-10-17(20(18)22(26)27-3)16-8-5-4-6-9-16/h4-11,15,19H,13-14H2,1-3H3,(H,24,25). The van der Waals surface area contributed by atoms with Gasteiger partial charge in [-0.15, -0.1) is 0 Å². The Labute approximate surface area is 160 Å². The van der Waals surface area contributed by atoms with Crippen LogP contribution >= 0.6 is 0 Å². The maximum atomic E-state index is 12.7. The Balaban J connectivity index is 2.63. The maximum Gasteiger partial charge on any atom is 0.338 e. The molecular formula is C22H24N2O3. The Morgan fingerprint density at radius 3 is 2.41 bits per heavy atom. The highest BCUT2D eigenvalue weighted by Gasteiger charge is 2.28. The average molecular weight is 364 g/mol. The fraction of sp³-hybridized carbons (Fsp3) is 0.318. The van der Waals surface area contributed by atoms with Crippen molar-refractivity contribution in [2.24, 2.45) is 5.92 Å². The number of amides is 1. The Morgan fingerprint density at radius 1 is 1.11 bits per heavy atom. The minimum atomic E-state index is -0.545. The second-order valence-electron chi connectivity index (χ2n) is 6.69. The first kappa shape index (κ1) is 20.2. The lowest BCUT2D eigenvalue weighted by Crippen LogP contribution is -2.31. The van der Waals surface area contributed by atoms with Crippen LogP contribution in [0.2, 0.25) is 0 Å². The molecule has 2 rings (SSSR count). The van der Waals surface area contributed by atoms with E-state index >= 15 is 0 Å². The van der Waals surface area contributed by atoms with Crippen LogP contribution in [0.5, 0.6) is 0 Å². The van der Waals surface area contributed by atoms with Gasteiger partial charge in [0.15, 0.2) is 0 Å². The van der Waals surface area contributed by atoms with Crippen molar-refractivity contribution in [1.29, 1.82) is 5.26 Å². The van der Waals surface area contributed by atoms with Crippen LogP contribution in [0.3, 0.4) is 0 Å². The summed E-state index contributed by atoms with van der Waals surface area (Å²) in [6, 6.07) is 16.9. The van der Waals surface area contributed by atoms with Crippen molar-refractivity contribution in [3.05, 3.63) is 59.7 Å². The van der Waals surface area contributed by atoms with E-state index < -0.39 is 11.9 Å². The largest absolute Gasteiger partial charge is 0.465 e. The van der Waals surface area contributed by atoms with E-state index in [2.05, 4.69) is 5.32 Å². The highest BCUT2D eigenvalue weighted by atomic mass is 16.5. The fourth-order valence-corrected chi connectivity index (χ4v) is 3.15. The van der Waals surface area contributed by atoms with Crippen LogP contribution in [-0.2, 0) is 9.53 Å². The van der Waals surface area contributed by atoms with Gasteiger partial charge in [-0.25, -0.2) is 4.79 Å². The van der Waals surface area contributed by atoms with E-state index in [1.807, 2.05) is 62.4 Å². The van der Waals surface area contributed by atoms with Crippen molar-refractivity contribution in [3.8, 4) is 17.2 Å². The minimum absolute atomic E-state index is 0.0701. The van der Waals surface area contributed by atoms with E-state index in [4.69, 9.17) is 10.00 Å². The molecule has 0 heterocycles. The van der Waals surface area contributed by atoms with Gasteiger partial charge in [0.25, 0.3) is 0 Å². The van der Waals surface area contributed by atoms with Crippen LogP contribution in [-0.4, -0.2) is 25.5 Å². The van der Waals surface area contributed by atoms with Gasteiger partial charge in [0, 0.05) is 0 Å². The summed E-state index contributed by atoms with van der Waals surface area (Å²) >= 11 is 0. The zero-order valence-corrected chi connectivity index (χ0v) is 15.9. The normalized spacial score (nSPS) is 11.5. The fourth-order valence-electron chi connectivity index (χ4n) is 3.15. The molecule has 5 heteroatoms. The third kappa shape index (κ3) is 4.95. The number of carbonyl (C=O) groups is 2. The smallest absolute Gasteiger partial charge is 0.338 e. The second kappa shape index (κ2) is 9.54. The molecule has 0 saturated carbocycles. The number of hydrogen-bond donors (Lipinski definition) is 1.